The summed E-state index contributed by atoms with van der Waals surface area (Å²) in [7, 11) is -3.71. The number of hydrogen-bond donors (Lipinski definition) is 2. The monoisotopic (exact) mass is 333 g/mol. The van der Waals surface area contributed by atoms with Crippen molar-refractivity contribution in [1.82, 2.24) is 4.72 Å². The molecule has 2 atom stereocenters. The van der Waals surface area contributed by atoms with Crippen LogP contribution >= 0.6 is 11.3 Å². The van der Waals surface area contributed by atoms with Crippen molar-refractivity contribution in [2.24, 2.45) is 5.92 Å². The Kier molecular flexibility index (Phi) is 4.84. The molecule has 1 aromatic heterocycles. The molecule has 0 amide bonds. The van der Waals surface area contributed by atoms with E-state index in [1.165, 1.54) is 0 Å². The summed E-state index contributed by atoms with van der Waals surface area (Å²) in [6.07, 6.45) is 2.82. The molecule has 21 heavy (non-hydrogen) atoms. The number of anilines is 1. The lowest BCUT2D eigenvalue weighted by molar-refractivity contribution is -0.383. The fraction of sp³-hybridized carbons (Fsp3) is 0.667. The van der Waals surface area contributed by atoms with Gasteiger partial charge in [-0.05, 0) is 25.7 Å². The van der Waals surface area contributed by atoms with Gasteiger partial charge in [0.25, 0.3) is 10.0 Å². The summed E-state index contributed by atoms with van der Waals surface area (Å²) in [5.41, 5.74) is -0.193. The van der Waals surface area contributed by atoms with E-state index in [1.807, 2.05) is 6.92 Å². The van der Waals surface area contributed by atoms with Gasteiger partial charge in [-0.2, -0.15) is 0 Å². The van der Waals surface area contributed by atoms with Crippen LogP contribution in [0.4, 0.5) is 10.7 Å². The zero-order valence-corrected chi connectivity index (χ0v) is 13.6. The Morgan fingerprint density at radius 3 is 2.71 bits per heavy atom. The minimum absolute atomic E-state index is 0.00995. The SMILES string of the molecule is CCNc1sc(S(=O)(=O)NC2CCCC2C)cc1[N+](=O)[O-]. The van der Waals surface area contributed by atoms with Crippen LogP contribution < -0.4 is 10.0 Å². The normalized spacial score (nSPS) is 22.4. The third-order valence-corrected chi connectivity index (χ3v) is 6.70. The van der Waals surface area contributed by atoms with Gasteiger partial charge in [0.1, 0.15) is 4.21 Å². The molecular weight excluding hydrogens is 314 g/mol. The highest BCUT2D eigenvalue weighted by Gasteiger charge is 2.31. The second-order valence-corrected chi connectivity index (χ2v) is 8.20. The van der Waals surface area contributed by atoms with Crippen molar-refractivity contribution in [3.05, 3.63) is 16.2 Å². The van der Waals surface area contributed by atoms with E-state index in [1.54, 1.807) is 6.92 Å². The molecule has 7 nitrogen and oxygen atoms in total. The molecule has 0 spiro atoms. The summed E-state index contributed by atoms with van der Waals surface area (Å²) in [6, 6.07) is 1.05. The van der Waals surface area contributed by atoms with E-state index in [0.29, 0.717) is 12.5 Å². The molecule has 0 saturated heterocycles. The maximum absolute atomic E-state index is 12.4. The number of nitro groups is 1. The Balaban J connectivity index is 2.27. The van der Waals surface area contributed by atoms with Crippen LogP contribution in [-0.4, -0.2) is 25.9 Å². The molecular formula is C12H19N3O4S2. The van der Waals surface area contributed by atoms with Gasteiger partial charge in [0.05, 0.1) is 4.92 Å². The first-order valence-electron chi connectivity index (χ1n) is 6.89. The summed E-state index contributed by atoms with van der Waals surface area (Å²) < 4.78 is 27.4. The standard InChI is InChI=1S/C12H19N3O4S2/c1-3-13-12-10(15(16)17)7-11(20-12)21(18,19)14-9-6-4-5-8(9)2/h7-9,13-14H,3-6H2,1-2H3. The average molecular weight is 333 g/mol. The van der Waals surface area contributed by atoms with Crippen molar-refractivity contribution in [3.8, 4) is 0 Å². The van der Waals surface area contributed by atoms with Gasteiger partial charge in [0.15, 0.2) is 5.00 Å². The van der Waals surface area contributed by atoms with Crippen LogP contribution in [0.3, 0.4) is 0 Å². The highest BCUT2D eigenvalue weighted by molar-refractivity contribution is 7.91. The minimum atomic E-state index is -3.71. The van der Waals surface area contributed by atoms with E-state index in [0.717, 1.165) is 36.7 Å². The van der Waals surface area contributed by atoms with Crippen LogP contribution in [0, 0.1) is 16.0 Å². The number of thiophene rings is 1. The summed E-state index contributed by atoms with van der Waals surface area (Å²) >= 11 is 0.901. The number of nitrogens with zero attached hydrogens (tertiary/aromatic N) is 1. The van der Waals surface area contributed by atoms with Crippen LogP contribution in [0.5, 0.6) is 0 Å². The second kappa shape index (κ2) is 6.29. The lowest BCUT2D eigenvalue weighted by Crippen LogP contribution is -2.36. The molecule has 1 aliphatic carbocycles. The average Bonchev–Trinajstić information content (AvgIpc) is 2.97. The summed E-state index contributed by atoms with van der Waals surface area (Å²) in [4.78, 5) is 10.4. The zero-order chi connectivity index (χ0) is 15.6. The first-order valence-corrected chi connectivity index (χ1v) is 9.19. The fourth-order valence-electron chi connectivity index (χ4n) is 2.49. The minimum Gasteiger partial charge on any atom is -0.372 e. The fourth-order valence-corrected chi connectivity index (χ4v) is 5.28. The van der Waals surface area contributed by atoms with Crippen LogP contribution in [0.2, 0.25) is 0 Å². The van der Waals surface area contributed by atoms with Crippen molar-refractivity contribution < 1.29 is 13.3 Å². The second-order valence-electron chi connectivity index (χ2n) is 5.20. The van der Waals surface area contributed by atoms with Crippen molar-refractivity contribution in [3.63, 3.8) is 0 Å². The van der Waals surface area contributed by atoms with Crippen LogP contribution in [0.15, 0.2) is 10.3 Å². The third kappa shape index (κ3) is 3.53. The van der Waals surface area contributed by atoms with Crippen molar-refractivity contribution in [2.75, 3.05) is 11.9 Å². The molecule has 1 saturated carbocycles. The first-order chi connectivity index (χ1) is 9.85. The molecule has 0 aromatic carbocycles. The predicted octanol–water partition coefficient (Wildman–Crippen LogP) is 2.56. The van der Waals surface area contributed by atoms with E-state index in [9.17, 15) is 18.5 Å². The van der Waals surface area contributed by atoms with Gasteiger partial charge in [-0.25, -0.2) is 13.1 Å². The van der Waals surface area contributed by atoms with Gasteiger partial charge < -0.3 is 5.32 Å². The predicted molar refractivity (Wildman–Crippen MR) is 82.3 cm³/mol. The molecule has 0 bridgehead atoms. The zero-order valence-electron chi connectivity index (χ0n) is 12.0. The molecule has 118 valence electrons. The number of hydrogen-bond acceptors (Lipinski definition) is 6. The first kappa shape index (κ1) is 16.2. The molecule has 2 unspecified atom stereocenters. The van der Waals surface area contributed by atoms with Crippen LogP contribution in [-0.2, 0) is 10.0 Å². The van der Waals surface area contributed by atoms with Gasteiger partial charge in [-0.15, -0.1) is 0 Å². The van der Waals surface area contributed by atoms with E-state index >= 15 is 0 Å². The van der Waals surface area contributed by atoms with Crippen molar-refractivity contribution >= 4 is 32.0 Å². The lowest BCUT2D eigenvalue weighted by atomic mass is 10.1. The van der Waals surface area contributed by atoms with Crippen LogP contribution in [0.25, 0.3) is 0 Å². The third-order valence-electron chi connectivity index (χ3n) is 3.66. The Morgan fingerprint density at radius 1 is 1.48 bits per heavy atom. The van der Waals surface area contributed by atoms with Gasteiger partial charge in [0, 0.05) is 18.7 Å². The largest absolute Gasteiger partial charge is 0.372 e. The Labute approximate surface area is 127 Å². The Morgan fingerprint density at radius 2 is 2.19 bits per heavy atom. The number of rotatable bonds is 6. The number of sulfonamides is 1. The topological polar surface area (TPSA) is 101 Å². The molecule has 2 N–H and O–H groups in total. The van der Waals surface area contributed by atoms with E-state index in [2.05, 4.69) is 10.0 Å². The van der Waals surface area contributed by atoms with Gasteiger partial charge in [-0.1, -0.05) is 24.7 Å². The molecule has 0 radical (unpaired) electrons. The molecule has 2 rings (SSSR count). The van der Waals surface area contributed by atoms with E-state index < -0.39 is 14.9 Å². The molecule has 1 aliphatic rings. The molecule has 0 aliphatic heterocycles. The van der Waals surface area contributed by atoms with Crippen LogP contribution in [0.1, 0.15) is 33.1 Å². The number of nitrogens with one attached hydrogen (secondary N) is 2. The Hall–Kier alpha value is -1.19. The van der Waals surface area contributed by atoms with Crippen molar-refractivity contribution in [1.29, 1.82) is 0 Å². The molecule has 1 fully saturated rings. The highest BCUT2D eigenvalue weighted by Crippen LogP contribution is 2.37. The molecule has 9 heteroatoms. The highest BCUT2D eigenvalue weighted by atomic mass is 32.2. The van der Waals surface area contributed by atoms with Gasteiger partial charge in [-0.3, -0.25) is 10.1 Å². The molecule has 1 aromatic rings. The summed E-state index contributed by atoms with van der Waals surface area (Å²) in [6.45, 7) is 4.31. The van der Waals surface area contributed by atoms with E-state index in [-0.39, 0.29) is 20.9 Å². The Bertz CT molecular complexity index is 626. The van der Waals surface area contributed by atoms with E-state index in [4.69, 9.17) is 0 Å². The van der Waals surface area contributed by atoms with Gasteiger partial charge in [0.2, 0.25) is 0 Å². The van der Waals surface area contributed by atoms with Gasteiger partial charge >= 0.3 is 5.69 Å². The summed E-state index contributed by atoms with van der Waals surface area (Å²) in [5, 5.41) is 14.1. The molecule has 1 heterocycles. The maximum atomic E-state index is 12.4. The summed E-state index contributed by atoms with van der Waals surface area (Å²) in [5.74, 6) is 0.294. The van der Waals surface area contributed by atoms with Crippen molar-refractivity contribution in [2.45, 2.75) is 43.4 Å². The quantitative estimate of drug-likeness (QED) is 0.615. The lowest BCUT2D eigenvalue weighted by Gasteiger charge is -2.16. The maximum Gasteiger partial charge on any atom is 0.304 e. The smallest absolute Gasteiger partial charge is 0.304 e.